The fraction of sp³-hybridized carbons (Fsp3) is 0.441. The van der Waals surface area contributed by atoms with Crippen LogP contribution in [0.1, 0.15) is 75.0 Å². The van der Waals surface area contributed by atoms with Gasteiger partial charge in [-0.2, -0.15) is 0 Å². The van der Waals surface area contributed by atoms with Crippen LogP contribution < -0.4 is 0 Å². The van der Waals surface area contributed by atoms with E-state index in [9.17, 15) is 4.79 Å². The Kier molecular flexibility index (Phi) is 11.4. The average molecular weight is 500 g/mol. The Morgan fingerprint density at radius 3 is 1.86 bits per heavy atom. The highest BCUT2D eigenvalue weighted by molar-refractivity contribution is 5.72. The molecule has 0 aromatic heterocycles. The maximum atomic E-state index is 13.2. The zero-order chi connectivity index (χ0) is 26.5. The summed E-state index contributed by atoms with van der Waals surface area (Å²) in [5.41, 5.74) is 3.61. The molecule has 0 saturated carbocycles. The molecule has 0 spiro atoms. The second kappa shape index (κ2) is 14.7. The van der Waals surface area contributed by atoms with Gasteiger partial charge in [-0.05, 0) is 56.0 Å². The van der Waals surface area contributed by atoms with Gasteiger partial charge in [0.25, 0.3) is 0 Å². The molecule has 3 nitrogen and oxygen atoms in total. The van der Waals surface area contributed by atoms with Crippen molar-refractivity contribution in [2.75, 3.05) is 27.2 Å². The smallest absolute Gasteiger partial charge is 0.308 e. The monoisotopic (exact) mass is 499 g/mol. The molecule has 0 N–H and O–H groups in total. The maximum Gasteiger partial charge on any atom is 0.308 e. The van der Waals surface area contributed by atoms with Crippen LogP contribution in [0.2, 0.25) is 0 Å². The summed E-state index contributed by atoms with van der Waals surface area (Å²) in [6, 6.07) is 32.6. The highest BCUT2D eigenvalue weighted by atomic mass is 16.5. The van der Waals surface area contributed by atoms with E-state index >= 15 is 0 Å². The van der Waals surface area contributed by atoms with Crippen molar-refractivity contribution in [2.45, 2.75) is 63.7 Å². The molecule has 0 bridgehead atoms. The SMILES string of the molecule is CCCCCC(CC(CC(C)C(=O)OCCN(C)C)(c1ccccc1)c1ccccc1)c1ccccc1. The second-order valence-corrected chi connectivity index (χ2v) is 10.7. The molecule has 198 valence electrons. The highest BCUT2D eigenvalue weighted by Gasteiger charge is 2.40. The van der Waals surface area contributed by atoms with E-state index in [0.29, 0.717) is 18.9 Å². The van der Waals surface area contributed by atoms with Gasteiger partial charge in [0.1, 0.15) is 6.61 Å². The summed E-state index contributed by atoms with van der Waals surface area (Å²) >= 11 is 0. The standard InChI is InChI=1S/C34H45NO2/c1-5-6-10-19-30(29-17-11-7-12-18-29)27-34(31-20-13-8-14-21-31,32-22-15-9-16-23-32)26-28(2)33(36)37-25-24-35(3)4/h7-9,11-18,20-23,28,30H,5-6,10,19,24-27H2,1-4H3. The van der Waals surface area contributed by atoms with Crippen LogP contribution in [0.25, 0.3) is 0 Å². The van der Waals surface area contributed by atoms with Crippen molar-refractivity contribution >= 4 is 5.97 Å². The summed E-state index contributed by atoms with van der Waals surface area (Å²) < 4.78 is 5.72. The number of nitrogens with zero attached hydrogens (tertiary/aromatic N) is 1. The molecule has 3 aromatic carbocycles. The van der Waals surface area contributed by atoms with Gasteiger partial charge in [0.15, 0.2) is 0 Å². The summed E-state index contributed by atoms with van der Waals surface area (Å²) in [4.78, 5) is 15.2. The van der Waals surface area contributed by atoms with Crippen LogP contribution in [-0.2, 0) is 14.9 Å². The number of benzene rings is 3. The molecule has 0 heterocycles. The Labute approximate surface area is 224 Å². The van der Waals surface area contributed by atoms with Gasteiger partial charge >= 0.3 is 5.97 Å². The van der Waals surface area contributed by atoms with Crippen molar-refractivity contribution in [3.63, 3.8) is 0 Å². The van der Waals surface area contributed by atoms with E-state index in [2.05, 4.69) is 97.9 Å². The molecule has 0 aliphatic rings. The number of hydrogen-bond donors (Lipinski definition) is 0. The third-order valence-corrected chi connectivity index (χ3v) is 7.51. The molecule has 3 rings (SSSR count). The van der Waals surface area contributed by atoms with Crippen LogP contribution in [0.3, 0.4) is 0 Å². The molecule has 0 saturated heterocycles. The number of likely N-dealkylation sites (N-methyl/N-ethyl adjacent to an activating group) is 1. The summed E-state index contributed by atoms with van der Waals surface area (Å²) in [6.07, 6.45) is 6.45. The lowest BCUT2D eigenvalue weighted by atomic mass is 9.63. The van der Waals surface area contributed by atoms with Crippen molar-refractivity contribution in [3.8, 4) is 0 Å². The van der Waals surface area contributed by atoms with Crippen molar-refractivity contribution in [3.05, 3.63) is 108 Å². The first-order valence-corrected chi connectivity index (χ1v) is 13.9. The van der Waals surface area contributed by atoms with E-state index in [-0.39, 0.29) is 17.3 Å². The van der Waals surface area contributed by atoms with Crippen molar-refractivity contribution in [1.82, 2.24) is 4.90 Å². The third kappa shape index (κ3) is 8.30. The molecule has 0 fully saturated rings. The molecule has 0 amide bonds. The van der Waals surface area contributed by atoms with E-state index in [1.807, 2.05) is 25.9 Å². The molecule has 3 heteroatoms. The maximum absolute atomic E-state index is 13.2. The second-order valence-electron chi connectivity index (χ2n) is 10.7. The van der Waals surface area contributed by atoms with Crippen LogP contribution in [0.4, 0.5) is 0 Å². The Morgan fingerprint density at radius 1 is 0.811 bits per heavy atom. The molecule has 3 aromatic rings. The van der Waals surface area contributed by atoms with E-state index in [1.165, 1.54) is 36.0 Å². The minimum absolute atomic E-state index is 0.111. The lowest BCUT2D eigenvalue weighted by Crippen LogP contribution is -2.35. The number of hydrogen-bond acceptors (Lipinski definition) is 3. The minimum atomic E-state index is -0.310. The van der Waals surface area contributed by atoms with Crippen molar-refractivity contribution in [2.24, 2.45) is 5.92 Å². The largest absolute Gasteiger partial charge is 0.464 e. The average Bonchev–Trinajstić information content (AvgIpc) is 2.93. The topological polar surface area (TPSA) is 29.5 Å². The van der Waals surface area contributed by atoms with Gasteiger partial charge in [-0.1, -0.05) is 124 Å². The van der Waals surface area contributed by atoms with Gasteiger partial charge in [-0.25, -0.2) is 0 Å². The Hall–Kier alpha value is -2.91. The number of ether oxygens (including phenoxy) is 1. The lowest BCUT2D eigenvalue weighted by Gasteiger charge is -2.40. The predicted octanol–water partition coefficient (Wildman–Crippen LogP) is 7.86. The van der Waals surface area contributed by atoms with E-state index in [0.717, 1.165) is 19.4 Å². The molecule has 37 heavy (non-hydrogen) atoms. The Balaban J connectivity index is 2.04. The third-order valence-electron chi connectivity index (χ3n) is 7.51. The summed E-state index contributed by atoms with van der Waals surface area (Å²) in [6.45, 7) is 5.45. The normalized spacial score (nSPS) is 13.3. The molecule has 2 atom stereocenters. The molecule has 0 aliphatic carbocycles. The fourth-order valence-electron chi connectivity index (χ4n) is 5.49. The van der Waals surface area contributed by atoms with Gasteiger partial charge in [0.2, 0.25) is 0 Å². The zero-order valence-corrected chi connectivity index (χ0v) is 23.2. The molecule has 0 radical (unpaired) electrons. The molecular formula is C34H45NO2. The van der Waals surface area contributed by atoms with Crippen LogP contribution in [0.15, 0.2) is 91.0 Å². The van der Waals surface area contributed by atoms with Gasteiger partial charge in [-0.15, -0.1) is 0 Å². The number of unbranched alkanes of at least 4 members (excludes halogenated alkanes) is 2. The summed E-state index contributed by atoms with van der Waals surface area (Å²) in [5, 5.41) is 0. The Bertz CT molecular complexity index is 994. The number of esters is 1. The first-order chi connectivity index (χ1) is 18.0. The fourth-order valence-corrected chi connectivity index (χ4v) is 5.49. The van der Waals surface area contributed by atoms with Gasteiger partial charge in [0.05, 0.1) is 5.92 Å². The van der Waals surface area contributed by atoms with E-state index in [4.69, 9.17) is 4.74 Å². The van der Waals surface area contributed by atoms with E-state index < -0.39 is 0 Å². The number of carbonyl (C=O) groups is 1. The zero-order valence-electron chi connectivity index (χ0n) is 23.2. The molecule has 0 aliphatic heterocycles. The minimum Gasteiger partial charge on any atom is -0.464 e. The summed E-state index contributed by atoms with van der Waals surface area (Å²) in [7, 11) is 3.99. The van der Waals surface area contributed by atoms with Crippen LogP contribution in [-0.4, -0.2) is 38.1 Å². The molecular weight excluding hydrogens is 454 g/mol. The van der Waals surface area contributed by atoms with Gasteiger partial charge in [-0.3, -0.25) is 4.79 Å². The van der Waals surface area contributed by atoms with Gasteiger partial charge < -0.3 is 9.64 Å². The highest BCUT2D eigenvalue weighted by Crippen LogP contribution is 2.47. The van der Waals surface area contributed by atoms with Crippen LogP contribution in [0, 0.1) is 5.92 Å². The number of rotatable bonds is 15. The molecule has 2 unspecified atom stereocenters. The van der Waals surface area contributed by atoms with E-state index in [1.54, 1.807) is 0 Å². The Morgan fingerprint density at radius 2 is 1.35 bits per heavy atom. The van der Waals surface area contributed by atoms with Crippen LogP contribution >= 0.6 is 0 Å². The van der Waals surface area contributed by atoms with Crippen molar-refractivity contribution < 1.29 is 9.53 Å². The lowest BCUT2D eigenvalue weighted by molar-refractivity contribution is -0.148. The first-order valence-electron chi connectivity index (χ1n) is 13.9. The number of carbonyl (C=O) groups excluding carboxylic acids is 1. The predicted molar refractivity (Wildman–Crippen MR) is 155 cm³/mol. The quantitative estimate of drug-likeness (QED) is 0.157. The first kappa shape index (κ1) is 28.7. The van der Waals surface area contributed by atoms with Gasteiger partial charge in [0, 0.05) is 12.0 Å². The van der Waals surface area contributed by atoms with Crippen molar-refractivity contribution in [1.29, 1.82) is 0 Å². The van der Waals surface area contributed by atoms with Crippen LogP contribution in [0.5, 0.6) is 0 Å². The summed E-state index contributed by atoms with van der Waals surface area (Å²) in [5.74, 6) is 0.0556.